The number of nitrogens with zero attached hydrogens (tertiary/aromatic N) is 2. The number of thiazole rings is 1. The first-order chi connectivity index (χ1) is 11.9. The van der Waals surface area contributed by atoms with Crippen LogP contribution in [0.25, 0.3) is 0 Å². The van der Waals surface area contributed by atoms with Gasteiger partial charge in [-0.3, -0.25) is 10.1 Å². The minimum atomic E-state index is -3.31. The second-order valence-corrected chi connectivity index (χ2v) is 8.60. The number of carbonyl (C=O) groups excluding carboxylic acids is 1. The Morgan fingerprint density at radius 1 is 1.32 bits per heavy atom. The fraction of sp³-hybridized carbons (Fsp3) is 0.312. The molecule has 9 heteroatoms. The van der Waals surface area contributed by atoms with Crippen molar-refractivity contribution in [3.8, 4) is 0 Å². The fourth-order valence-corrected chi connectivity index (χ4v) is 3.28. The second kappa shape index (κ2) is 7.32. The van der Waals surface area contributed by atoms with E-state index in [-0.39, 0.29) is 16.7 Å². The van der Waals surface area contributed by atoms with Crippen LogP contribution in [0.3, 0.4) is 0 Å². The van der Waals surface area contributed by atoms with E-state index in [4.69, 9.17) is 4.84 Å². The summed E-state index contributed by atoms with van der Waals surface area (Å²) in [5, 5.41) is 8.89. The molecule has 25 heavy (non-hydrogen) atoms. The van der Waals surface area contributed by atoms with Gasteiger partial charge in [0.05, 0.1) is 4.90 Å². The average molecular weight is 379 g/mol. The van der Waals surface area contributed by atoms with Gasteiger partial charge in [-0.05, 0) is 31.4 Å². The van der Waals surface area contributed by atoms with Crippen molar-refractivity contribution in [1.29, 1.82) is 0 Å². The van der Waals surface area contributed by atoms with Crippen LogP contribution in [0.15, 0.2) is 45.9 Å². The van der Waals surface area contributed by atoms with Crippen molar-refractivity contribution in [2.24, 2.45) is 5.16 Å². The van der Waals surface area contributed by atoms with E-state index in [1.165, 1.54) is 23.5 Å². The van der Waals surface area contributed by atoms with Gasteiger partial charge in [-0.1, -0.05) is 17.3 Å². The minimum absolute atomic E-state index is 0.0259. The maximum atomic E-state index is 12.5. The second-order valence-electron chi connectivity index (χ2n) is 5.69. The third kappa shape index (κ3) is 4.43. The zero-order chi connectivity index (χ0) is 17.9. The van der Waals surface area contributed by atoms with Crippen molar-refractivity contribution in [2.75, 3.05) is 11.6 Å². The molecule has 0 bridgehead atoms. The molecule has 1 fully saturated rings. The first-order valence-corrected chi connectivity index (χ1v) is 10.5. The number of amides is 1. The summed E-state index contributed by atoms with van der Waals surface area (Å²) in [7, 11) is -3.31. The summed E-state index contributed by atoms with van der Waals surface area (Å²) >= 11 is 1.29. The van der Waals surface area contributed by atoms with Crippen molar-refractivity contribution >= 4 is 37.9 Å². The highest BCUT2D eigenvalue weighted by Crippen LogP contribution is 2.22. The van der Waals surface area contributed by atoms with Gasteiger partial charge in [-0.25, -0.2) is 13.4 Å². The Hall–Kier alpha value is -2.26. The third-order valence-electron chi connectivity index (χ3n) is 3.77. The SMILES string of the molecule is CS(=O)(=O)c1ccc(/C(=N\OC2CCC2)C(=O)Nc2nccs2)cc1. The fourth-order valence-electron chi connectivity index (χ4n) is 2.13. The normalized spacial score (nSPS) is 15.5. The molecule has 132 valence electrons. The molecule has 1 amide bonds. The molecule has 2 aromatic rings. The molecule has 0 aliphatic heterocycles. The highest BCUT2D eigenvalue weighted by atomic mass is 32.2. The van der Waals surface area contributed by atoms with E-state index in [2.05, 4.69) is 15.5 Å². The number of oxime groups is 1. The predicted molar refractivity (Wildman–Crippen MR) is 95.6 cm³/mol. The first-order valence-electron chi connectivity index (χ1n) is 7.68. The molecular formula is C16H17N3O4S2. The van der Waals surface area contributed by atoms with Gasteiger partial charge in [-0.2, -0.15) is 0 Å². The highest BCUT2D eigenvalue weighted by Gasteiger charge is 2.22. The van der Waals surface area contributed by atoms with Crippen LogP contribution in [0.4, 0.5) is 5.13 Å². The van der Waals surface area contributed by atoms with E-state index in [9.17, 15) is 13.2 Å². The number of sulfone groups is 1. The third-order valence-corrected chi connectivity index (χ3v) is 5.59. The molecule has 1 aliphatic carbocycles. The molecule has 3 rings (SSSR count). The number of rotatable bonds is 6. The average Bonchev–Trinajstić information content (AvgIpc) is 3.02. The molecule has 1 heterocycles. The quantitative estimate of drug-likeness (QED) is 0.614. The Morgan fingerprint density at radius 2 is 2.04 bits per heavy atom. The summed E-state index contributed by atoms with van der Waals surface area (Å²) in [5.74, 6) is -0.457. The molecule has 0 saturated heterocycles. The van der Waals surface area contributed by atoms with E-state index < -0.39 is 15.7 Å². The zero-order valence-corrected chi connectivity index (χ0v) is 15.1. The smallest absolute Gasteiger partial charge is 0.280 e. The van der Waals surface area contributed by atoms with E-state index >= 15 is 0 Å². The van der Waals surface area contributed by atoms with Crippen molar-refractivity contribution in [3.05, 3.63) is 41.4 Å². The summed E-state index contributed by atoms with van der Waals surface area (Å²) in [6.07, 6.45) is 5.66. The summed E-state index contributed by atoms with van der Waals surface area (Å²) < 4.78 is 23.2. The largest absolute Gasteiger partial charge is 0.392 e. The van der Waals surface area contributed by atoms with Crippen LogP contribution in [0.5, 0.6) is 0 Å². The van der Waals surface area contributed by atoms with Crippen LogP contribution >= 0.6 is 11.3 Å². The monoisotopic (exact) mass is 379 g/mol. The lowest BCUT2D eigenvalue weighted by Crippen LogP contribution is -2.26. The number of aromatic nitrogens is 1. The molecule has 1 aromatic heterocycles. The molecule has 0 atom stereocenters. The molecule has 0 unspecified atom stereocenters. The lowest BCUT2D eigenvalue weighted by Gasteiger charge is -2.23. The lowest BCUT2D eigenvalue weighted by molar-refractivity contribution is -0.110. The highest BCUT2D eigenvalue weighted by molar-refractivity contribution is 7.90. The van der Waals surface area contributed by atoms with Crippen LogP contribution in [0, 0.1) is 0 Å². The number of hydrogen-bond donors (Lipinski definition) is 1. The molecule has 1 N–H and O–H groups in total. The number of hydrogen-bond acceptors (Lipinski definition) is 7. The summed E-state index contributed by atoms with van der Waals surface area (Å²) in [5.41, 5.74) is 0.558. The number of benzene rings is 1. The maximum absolute atomic E-state index is 12.5. The lowest BCUT2D eigenvalue weighted by atomic mass is 9.97. The maximum Gasteiger partial charge on any atom is 0.280 e. The van der Waals surface area contributed by atoms with Crippen LogP contribution in [-0.2, 0) is 19.5 Å². The van der Waals surface area contributed by atoms with Gasteiger partial charge in [0.15, 0.2) is 20.7 Å². The van der Waals surface area contributed by atoms with Crippen molar-refractivity contribution < 1.29 is 18.0 Å². The van der Waals surface area contributed by atoms with E-state index in [0.29, 0.717) is 10.7 Å². The Kier molecular flexibility index (Phi) is 5.14. The topological polar surface area (TPSA) is 97.7 Å². The predicted octanol–water partition coefficient (Wildman–Crippen LogP) is 2.46. The standard InChI is InChI=1S/C16H17N3O4S2/c1-25(21,22)13-7-5-11(6-8-13)14(19-23-12-3-2-4-12)15(20)18-16-17-9-10-24-16/h5-10,12H,2-4H2,1H3,(H,17,18,20)/b19-14+. The molecule has 1 saturated carbocycles. The van der Waals surface area contributed by atoms with Gasteiger partial charge in [0.25, 0.3) is 5.91 Å². The molecule has 0 spiro atoms. The summed E-state index contributed by atoms with van der Waals surface area (Å²) in [6, 6.07) is 5.97. The summed E-state index contributed by atoms with van der Waals surface area (Å²) in [6.45, 7) is 0. The van der Waals surface area contributed by atoms with Gasteiger partial charge < -0.3 is 4.84 Å². The van der Waals surface area contributed by atoms with E-state index in [1.54, 1.807) is 23.7 Å². The Bertz CT molecular complexity index is 871. The van der Waals surface area contributed by atoms with Gasteiger partial charge in [0.2, 0.25) is 0 Å². The molecule has 7 nitrogen and oxygen atoms in total. The van der Waals surface area contributed by atoms with Gasteiger partial charge in [0.1, 0.15) is 6.10 Å². The summed E-state index contributed by atoms with van der Waals surface area (Å²) in [4.78, 5) is 22.2. The zero-order valence-electron chi connectivity index (χ0n) is 13.5. The minimum Gasteiger partial charge on any atom is -0.392 e. The van der Waals surface area contributed by atoms with Crippen molar-refractivity contribution in [2.45, 2.75) is 30.3 Å². The van der Waals surface area contributed by atoms with Crippen LogP contribution in [0.2, 0.25) is 0 Å². The Morgan fingerprint density at radius 3 is 2.56 bits per heavy atom. The van der Waals surface area contributed by atoms with Crippen LogP contribution in [-0.4, -0.2) is 37.4 Å². The molecule has 1 aromatic carbocycles. The van der Waals surface area contributed by atoms with Crippen LogP contribution < -0.4 is 5.32 Å². The first kappa shape index (κ1) is 17.6. The van der Waals surface area contributed by atoms with Gasteiger partial charge in [-0.15, -0.1) is 11.3 Å². The van der Waals surface area contributed by atoms with Crippen molar-refractivity contribution in [1.82, 2.24) is 4.98 Å². The van der Waals surface area contributed by atoms with Gasteiger partial charge >= 0.3 is 0 Å². The Balaban J connectivity index is 1.85. The van der Waals surface area contributed by atoms with Crippen molar-refractivity contribution in [3.63, 3.8) is 0 Å². The number of carbonyl (C=O) groups is 1. The molecule has 1 aliphatic rings. The molecule has 0 radical (unpaired) electrons. The Labute approximate surface area is 149 Å². The van der Waals surface area contributed by atoms with Crippen LogP contribution in [0.1, 0.15) is 24.8 Å². The molecular weight excluding hydrogens is 362 g/mol. The van der Waals surface area contributed by atoms with E-state index in [1.807, 2.05) is 0 Å². The number of anilines is 1. The van der Waals surface area contributed by atoms with Gasteiger partial charge in [0, 0.05) is 23.4 Å². The number of nitrogens with one attached hydrogen (secondary N) is 1. The van der Waals surface area contributed by atoms with E-state index in [0.717, 1.165) is 25.5 Å².